The molecule has 178 valence electrons. The van der Waals surface area contributed by atoms with Gasteiger partial charge in [0.15, 0.2) is 28.4 Å². The third-order valence-corrected chi connectivity index (χ3v) is 6.38. The van der Waals surface area contributed by atoms with E-state index in [-0.39, 0.29) is 22.2 Å². The number of hydrogen-bond donors (Lipinski definition) is 1. The van der Waals surface area contributed by atoms with Gasteiger partial charge in [0, 0.05) is 31.7 Å². The van der Waals surface area contributed by atoms with Gasteiger partial charge in [0.25, 0.3) is 0 Å². The van der Waals surface area contributed by atoms with Crippen LogP contribution < -0.4 is 9.80 Å². The Kier molecular flexibility index (Phi) is 5.55. The van der Waals surface area contributed by atoms with Crippen LogP contribution in [0.5, 0.6) is 0 Å². The molecular formula is C20H13ClF6N6S. The van der Waals surface area contributed by atoms with Gasteiger partial charge in [-0.05, 0) is 29.8 Å². The zero-order valence-corrected chi connectivity index (χ0v) is 18.5. The van der Waals surface area contributed by atoms with Crippen LogP contribution in [-0.4, -0.2) is 44.9 Å². The van der Waals surface area contributed by atoms with Crippen molar-refractivity contribution >= 4 is 46.1 Å². The second-order valence-electron chi connectivity index (χ2n) is 7.58. The number of fused-ring (bicyclic) bond motifs is 1. The first kappa shape index (κ1) is 22.7. The summed E-state index contributed by atoms with van der Waals surface area (Å²) in [5.74, 6) is -3.87. The Bertz CT molecular complexity index is 1350. The number of nitrogens with zero attached hydrogens (tertiary/aromatic N) is 5. The molecule has 2 aromatic carbocycles. The number of hydrogen-bond acceptors (Lipinski definition) is 6. The molecule has 0 saturated carbocycles. The summed E-state index contributed by atoms with van der Waals surface area (Å²) >= 11 is 7.02. The number of alkyl halides is 3. The second kappa shape index (κ2) is 8.31. The second-order valence-corrected chi connectivity index (χ2v) is 8.47. The first-order valence-corrected chi connectivity index (χ1v) is 11.0. The van der Waals surface area contributed by atoms with E-state index in [1.165, 1.54) is 0 Å². The summed E-state index contributed by atoms with van der Waals surface area (Å²) in [6.45, 7) is 1.93. The normalized spacial score (nSPS) is 14.9. The van der Waals surface area contributed by atoms with Crippen molar-refractivity contribution in [1.82, 2.24) is 18.7 Å². The van der Waals surface area contributed by atoms with E-state index in [1.807, 2.05) is 9.80 Å². The molecule has 1 aliphatic rings. The molecule has 1 aliphatic heterocycles. The smallest absolute Gasteiger partial charge is 0.350 e. The number of anilines is 2. The number of piperazine rings is 1. The number of aromatic nitrogens is 4. The summed E-state index contributed by atoms with van der Waals surface area (Å²) in [5, 5.41) is 0.297. The minimum Gasteiger partial charge on any atom is -0.350 e. The van der Waals surface area contributed by atoms with Gasteiger partial charge in [-0.15, -0.1) is 0 Å². The molecule has 2 aromatic heterocycles. The summed E-state index contributed by atoms with van der Waals surface area (Å²) in [4.78, 5) is 11.0. The number of halogens is 7. The molecule has 0 unspecified atom stereocenters. The van der Waals surface area contributed by atoms with Gasteiger partial charge >= 0.3 is 6.18 Å². The summed E-state index contributed by atoms with van der Waals surface area (Å²) in [7, 11) is 0. The van der Waals surface area contributed by atoms with Crippen LogP contribution >= 0.6 is 23.3 Å². The molecule has 4 aromatic rings. The average Bonchev–Trinajstić information content (AvgIpc) is 3.42. The third kappa shape index (κ3) is 4.02. The zero-order chi connectivity index (χ0) is 24.2. The topological polar surface area (TPSA) is 60.9 Å². The maximum absolute atomic E-state index is 13.8. The van der Waals surface area contributed by atoms with Crippen molar-refractivity contribution in [1.29, 1.82) is 0 Å². The van der Waals surface area contributed by atoms with Crippen LogP contribution in [0.15, 0.2) is 24.3 Å². The molecule has 0 bridgehead atoms. The van der Waals surface area contributed by atoms with Crippen LogP contribution in [0.25, 0.3) is 22.2 Å². The van der Waals surface area contributed by atoms with E-state index >= 15 is 0 Å². The fourth-order valence-electron chi connectivity index (χ4n) is 3.84. The van der Waals surface area contributed by atoms with Crippen molar-refractivity contribution in [3.05, 3.63) is 52.4 Å². The molecular weight excluding hydrogens is 506 g/mol. The van der Waals surface area contributed by atoms with Gasteiger partial charge in [-0.2, -0.15) is 21.9 Å². The van der Waals surface area contributed by atoms with Crippen LogP contribution in [0, 0.1) is 17.5 Å². The third-order valence-electron chi connectivity index (χ3n) is 5.51. The van der Waals surface area contributed by atoms with Crippen LogP contribution in [0.1, 0.15) is 5.56 Å². The van der Waals surface area contributed by atoms with Crippen molar-refractivity contribution in [2.45, 2.75) is 6.18 Å². The van der Waals surface area contributed by atoms with E-state index in [9.17, 15) is 26.3 Å². The van der Waals surface area contributed by atoms with E-state index in [0.717, 1.165) is 23.9 Å². The largest absolute Gasteiger partial charge is 0.416 e. The highest BCUT2D eigenvalue weighted by atomic mass is 35.5. The van der Waals surface area contributed by atoms with E-state index in [1.54, 1.807) is 0 Å². The summed E-state index contributed by atoms with van der Waals surface area (Å²) in [5.41, 5.74) is -1.38. The Morgan fingerprint density at radius 3 is 2.15 bits per heavy atom. The van der Waals surface area contributed by atoms with Crippen LogP contribution in [0.4, 0.5) is 38.1 Å². The van der Waals surface area contributed by atoms with Gasteiger partial charge in [0.2, 0.25) is 5.95 Å². The lowest BCUT2D eigenvalue weighted by Crippen LogP contribution is -2.47. The number of H-pyrrole nitrogens is 1. The fourth-order valence-corrected chi connectivity index (χ4v) is 4.62. The number of benzene rings is 2. The molecule has 1 fully saturated rings. The molecule has 6 nitrogen and oxygen atoms in total. The molecule has 34 heavy (non-hydrogen) atoms. The SMILES string of the molecule is Fc1cc(-c2cc(C(F)(F)F)cc3[nH]c(N4CCN(c5nsnc5Cl)CC4)nc23)cc(F)c1F. The van der Waals surface area contributed by atoms with Gasteiger partial charge in [-0.25, -0.2) is 18.2 Å². The standard InChI is InChI=1S/C20H13ClF6N6S/c21-17-18(31-34-30-17)32-1-3-33(4-2-32)19-28-14-8-10(20(25,26)27)7-11(16(14)29-19)9-5-12(22)15(24)13(23)6-9/h5-8H,1-4H2,(H,28,29). The monoisotopic (exact) mass is 518 g/mol. The summed E-state index contributed by atoms with van der Waals surface area (Å²) in [6, 6.07) is 2.91. The maximum atomic E-state index is 13.8. The molecule has 0 radical (unpaired) electrons. The van der Waals surface area contributed by atoms with Crippen molar-refractivity contribution in [2.75, 3.05) is 36.0 Å². The van der Waals surface area contributed by atoms with Gasteiger partial charge in [-0.1, -0.05) is 11.6 Å². The van der Waals surface area contributed by atoms with E-state index in [4.69, 9.17) is 11.6 Å². The highest BCUT2D eigenvalue weighted by molar-refractivity contribution is 6.99. The van der Waals surface area contributed by atoms with Crippen LogP contribution in [0.2, 0.25) is 5.15 Å². The Balaban J connectivity index is 1.54. The first-order valence-electron chi connectivity index (χ1n) is 9.85. The number of aromatic amines is 1. The average molecular weight is 519 g/mol. The van der Waals surface area contributed by atoms with Gasteiger partial charge < -0.3 is 14.8 Å². The van der Waals surface area contributed by atoms with Crippen molar-refractivity contribution in [3.63, 3.8) is 0 Å². The Labute approximate surface area is 197 Å². The van der Waals surface area contributed by atoms with Crippen molar-refractivity contribution < 1.29 is 26.3 Å². The molecule has 5 rings (SSSR count). The lowest BCUT2D eigenvalue weighted by Gasteiger charge is -2.34. The number of rotatable bonds is 3. The Morgan fingerprint density at radius 2 is 1.56 bits per heavy atom. The van der Waals surface area contributed by atoms with Crippen LogP contribution in [-0.2, 0) is 6.18 Å². The van der Waals surface area contributed by atoms with E-state index in [2.05, 4.69) is 18.7 Å². The minimum absolute atomic E-state index is 0.0270. The number of imidazole rings is 1. The predicted octanol–water partition coefficient (Wildman–Crippen LogP) is 5.50. The lowest BCUT2D eigenvalue weighted by molar-refractivity contribution is -0.137. The van der Waals surface area contributed by atoms with Crippen LogP contribution in [0.3, 0.4) is 0 Å². The molecule has 1 N–H and O–H groups in total. The fraction of sp³-hybridized carbons (Fsp3) is 0.250. The quantitative estimate of drug-likeness (QED) is 0.287. The van der Waals surface area contributed by atoms with Crippen molar-refractivity contribution in [3.8, 4) is 11.1 Å². The van der Waals surface area contributed by atoms with E-state index < -0.39 is 29.2 Å². The highest BCUT2D eigenvalue weighted by Gasteiger charge is 2.33. The molecule has 1 saturated heterocycles. The molecule has 14 heteroatoms. The zero-order valence-electron chi connectivity index (χ0n) is 16.9. The molecule has 0 amide bonds. The highest BCUT2D eigenvalue weighted by Crippen LogP contribution is 2.38. The molecule has 3 heterocycles. The minimum atomic E-state index is -4.72. The summed E-state index contributed by atoms with van der Waals surface area (Å²) in [6.07, 6.45) is -4.72. The van der Waals surface area contributed by atoms with E-state index in [0.29, 0.717) is 55.2 Å². The Morgan fingerprint density at radius 1 is 0.912 bits per heavy atom. The predicted molar refractivity (Wildman–Crippen MR) is 116 cm³/mol. The van der Waals surface area contributed by atoms with Gasteiger partial charge in [0.05, 0.1) is 28.3 Å². The van der Waals surface area contributed by atoms with Crippen molar-refractivity contribution in [2.24, 2.45) is 0 Å². The first-order chi connectivity index (χ1) is 16.1. The maximum Gasteiger partial charge on any atom is 0.416 e. The van der Waals surface area contributed by atoms with Gasteiger partial charge in [-0.3, -0.25) is 0 Å². The summed E-state index contributed by atoms with van der Waals surface area (Å²) < 4.78 is 89.8. The van der Waals surface area contributed by atoms with Gasteiger partial charge in [0.1, 0.15) is 0 Å². The Hall–Kier alpha value is -3.06. The molecule has 0 atom stereocenters. The lowest BCUT2D eigenvalue weighted by atomic mass is 10.0. The number of nitrogens with one attached hydrogen (secondary N) is 1. The molecule has 0 spiro atoms. The molecule has 0 aliphatic carbocycles.